The first-order valence-corrected chi connectivity index (χ1v) is 9.97. The molecule has 0 radical (unpaired) electrons. The Morgan fingerprint density at radius 3 is 2.50 bits per heavy atom. The molecule has 0 amide bonds. The maximum absolute atomic E-state index is 9.31. The zero-order valence-electron chi connectivity index (χ0n) is 17.1. The highest BCUT2D eigenvalue weighted by Gasteiger charge is 2.34. The molecule has 156 valence electrons. The van der Waals surface area contributed by atoms with Gasteiger partial charge in [-0.05, 0) is 53.2 Å². The number of hydrogen-bond acceptors (Lipinski definition) is 4. The number of ether oxygens (including phenoxy) is 1. The summed E-state index contributed by atoms with van der Waals surface area (Å²) in [5.41, 5.74) is 0.0174. The Hall–Kier alpha value is -0.120. The first-order valence-electron chi connectivity index (χ1n) is 9.97. The van der Waals surface area contributed by atoms with Gasteiger partial charge in [0.25, 0.3) is 0 Å². The minimum Gasteiger partial charge on any atom is -0.396 e. The number of nitrogens with zero attached hydrogens (tertiary/aromatic N) is 2. The van der Waals surface area contributed by atoms with E-state index in [0.717, 1.165) is 38.5 Å². The maximum atomic E-state index is 9.31. The molecule has 1 aliphatic heterocycles. The third kappa shape index (κ3) is 11.6. The van der Waals surface area contributed by atoms with E-state index in [4.69, 9.17) is 9.73 Å². The molecule has 0 spiro atoms. The quantitative estimate of drug-likeness (QED) is 0.162. The molecule has 0 aromatic rings. The molecular weight excluding hydrogens is 443 g/mol. The van der Waals surface area contributed by atoms with Crippen LogP contribution in [-0.2, 0) is 4.74 Å². The van der Waals surface area contributed by atoms with Crippen molar-refractivity contribution in [1.82, 2.24) is 15.5 Å². The molecule has 0 saturated carbocycles. The Morgan fingerprint density at radius 1 is 1.15 bits per heavy atom. The average Bonchev–Trinajstić information content (AvgIpc) is 3.04. The topological polar surface area (TPSA) is 69.1 Å². The van der Waals surface area contributed by atoms with Crippen LogP contribution in [0.5, 0.6) is 0 Å². The van der Waals surface area contributed by atoms with Crippen molar-refractivity contribution in [3.63, 3.8) is 0 Å². The lowest BCUT2D eigenvalue weighted by atomic mass is 9.84. The van der Waals surface area contributed by atoms with E-state index in [1.807, 2.05) is 0 Å². The lowest BCUT2D eigenvalue weighted by molar-refractivity contribution is 0.131. The van der Waals surface area contributed by atoms with Crippen molar-refractivity contribution in [1.29, 1.82) is 0 Å². The lowest BCUT2D eigenvalue weighted by Crippen LogP contribution is -2.39. The molecule has 0 bridgehead atoms. The van der Waals surface area contributed by atoms with Crippen LogP contribution in [0.3, 0.4) is 0 Å². The van der Waals surface area contributed by atoms with Gasteiger partial charge in [0.2, 0.25) is 0 Å². The molecule has 1 rings (SSSR count). The average molecular weight is 484 g/mol. The van der Waals surface area contributed by atoms with Crippen LogP contribution < -0.4 is 10.6 Å². The fraction of sp³-hybridized carbons (Fsp3) is 0.947. The molecule has 7 heteroatoms. The van der Waals surface area contributed by atoms with Crippen LogP contribution in [0.4, 0.5) is 0 Å². The van der Waals surface area contributed by atoms with E-state index in [1.54, 1.807) is 0 Å². The number of halogens is 1. The molecule has 0 aliphatic carbocycles. The van der Waals surface area contributed by atoms with Gasteiger partial charge in [-0.15, -0.1) is 24.0 Å². The van der Waals surface area contributed by atoms with Gasteiger partial charge in [0.15, 0.2) is 5.96 Å². The third-order valence-electron chi connectivity index (χ3n) is 4.82. The maximum Gasteiger partial charge on any atom is 0.191 e. The summed E-state index contributed by atoms with van der Waals surface area (Å²) in [6.45, 7) is 7.52. The van der Waals surface area contributed by atoms with Gasteiger partial charge in [-0.2, -0.15) is 0 Å². The number of aliphatic imine (C=N–C) groups is 1. The monoisotopic (exact) mass is 484 g/mol. The van der Waals surface area contributed by atoms with E-state index in [2.05, 4.69) is 36.6 Å². The number of aliphatic hydroxyl groups excluding tert-OH is 1. The summed E-state index contributed by atoms with van der Waals surface area (Å²) >= 11 is 0. The molecule has 3 N–H and O–H groups in total. The van der Waals surface area contributed by atoms with Gasteiger partial charge in [-0.1, -0.05) is 19.3 Å². The van der Waals surface area contributed by atoms with Crippen LogP contribution in [-0.4, -0.2) is 76.1 Å². The van der Waals surface area contributed by atoms with Gasteiger partial charge in [-0.25, -0.2) is 0 Å². The van der Waals surface area contributed by atoms with Crippen LogP contribution in [0.25, 0.3) is 0 Å². The zero-order valence-corrected chi connectivity index (χ0v) is 19.4. The van der Waals surface area contributed by atoms with Crippen LogP contribution in [0, 0.1) is 5.41 Å². The number of nitrogens with one attached hydrogen (secondary N) is 2. The number of unbranched alkanes of at least 4 members (excludes halogenated alkanes) is 4. The summed E-state index contributed by atoms with van der Waals surface area (Å²) in [6.07, 6.45) is 8.11. The second kappa shape index (κ2) is 15.9. The first-order chi connectivity index (χ1) is 12.1. The Morgan fingerprint density at radius 2 is 1.88 bits per heavy atom. The fourth-order valence-electron chi connectivity index (χ4n) is 3.17. The van der Waals surface area contributed by atoms with Gasteiger partial charge >= 0.3 is 0 Å². The van der Waals surface area contributed by atoms with Crippen LogP contribution in [0.2, 0.25) is 0 Å². The number of guanidine groups is 1. The minimum atomic E-state index is 0. The predicted octanol–water partition coefficient (Wildman–Crippen LogP) is 2.46. The third-order valence-corrected chi connectivity index (χ3v) is 4.82. The van der Waals surface area contributed by atoms with E-state index >= 15 is 0 Å². The van der Waals surface area contributed by atoms with Crippen molar-refractivity contribution in [3.8, 4) is 0 Å². The van der Waals surface area contributed by atoms with E-state index in [-0.39, 0.29) is 36.0 Å². The van der Waals surface area contributed by atoms with Gasteiger partial charge < -0.3 is 25.4 Å². The molecule has 1 aliphatic rings. The minimum absolute atomic E-state index is 0. The highest BCUT2D eigenvalue weighted by atomic mass is 127. The number of rotatable bonds is 13. The summed E-state index contributed by atoms with van der Waals surface area (Å²) in [6, 6.07) is 0. The highest BCUT2D eigenvalue weighted by molar-refractivity contribution is 14.0. The normalized spacial score (nSPS) is 20.3. The van der Waals surface area contributed by atoms with Gasteiger partial charge in [-0.3, -0.25) is 4.99 Å². The summed E-state index contributed by atoms with van der Waals surface area (Å²) in [4.78, 5) is 7.00. The molecular formula is C19H41IN4O2. The smallest absolute Gasteiger partial charge is 0.191 e. The SMILES string of the molecule is CCNC(=NCC1(CCO)CCOC1)NCCCCCCCN(C)C.I. The fourth-order valence-corrected chi connectivity index (χ4v) is 3.17. The van der Waals surface area contributed by atoms with Crippen molar-refractivity contribution in [2.45, 2.75) is 51.9 Å². The van der Waals surface area contributed by atoms with Crippen molar-refractivity contribution < 1.29 is 9.84 Å². The predicted molar refractivity (Wildman–Crippen MR) is 121 cm³/mol. The molecule has 1 atom stereocenters. The summed E-state index contributed by atoms with van der Waals surface area (Å²) in [5, 5.41) is 16.1. The molecule has 6 nitrogen and oxygen atoms in total. The zero-order chi connectivity index (χ0) is 18.4. The summed E-state index contributed by atoms with van der Waals surface area (Å²) < 4.78 is 5.54. The summed E-state index contributed by atoms with van der Waals surface area (Å²) in [5.74, 6) is 0.888. The van der Waals surface area contributed by atoms with Crippen LogP contribution in [0.15, 0.2) is 4.99 Å². The largest absolute Gasteiger partial charge is 0.396 e. The molecule has 0 aromatic heterocycles. The van der Waals surface area contributed by atoms with Crippen molar-refractivity contribution in [2.75, 3.05) is 60.1 Å². The Kier molecular flexibility index (Phi) is 15.8. The van der Waals surface area contributed by atoms with Crippen molar-refractivity contribution in [3.05, 3.63) is 0 Å². The molecule has 1 heterocycles. The van der Waals surface area contributed by atoms with E-state index in [9.17, 15) is 5.11 Å². The number of aliphatic hydroxyl groups is 1. The highest BCUT2D eigenvalue weighted by Crippen LogP contribution is 2.32. The van der Waals surface area contributed by atoms with Crippen molar-refractivity contribution in [2.24, 2.45) is 10.4 Å². The second-order valence-corrected chi connectivity index (χ2v) is 7.47. The lowest BCUT2D eigenvalue weighted by Gasteiger charge is -2.24. The van der Waals surface area contributed by atoms with Gasteiger partial charge in [0.1, 0.15) is 0 Å². The van der Waals surface area contributed by atoms with E-state index in [1.165, 1.54) is 38.6 Å². The molecule has 1 saturated heterocycles. The number of hydrogen-bond donors (Lipinski definition) is 3. The summed E-state index contributed by atoms with van der Waals surface area (Å²) in [7, 11) is 4.27. The van der Waals surface area contributed by atoms with Gasteiger partial charge in [0, 0.05) is 31.7 Å². The first kappa shape index (κ1) is 25.9. The van der Waals surface area contributed by atoms with Gasteiger partial charge in [0.05, 0.1) is 13.2 Å². The van der Waals surface area contributed by atoms with Crippen molar-refractivity contribution >= 4 is 29.9 Å². The Balaban J connectivity index is 0.00000625. The standard InChI is InChI=1S/C19H40N4O2.HI/c1-4-20-18(21-12-8-6-5-7-9-13-23(2)3)22-16-19(10-14-24)11-15-25-17-19;/h24H,4-17H2,1-3H3,(H2,20,21,22);1H. The van der Waals surface area contributed by atoms with Crippen LogP contribution >= 0.6 is 24.0 Å². The van der Waals surface area contributed by atoms with E-state index < -0.39 is 0 Å². The molecule has 1 fully saturated rings. The molecule has 1 unspecified atom stereocenters. The Labute approximate surface area is 177 Å². The van der Waals surface area contributed by atoms with E-state index in [0.29, 0.717) is 13.2 Å². The molecule has 26 heavy (non-hydrogen) atoms. The molecule has 0 aromatic carbocycles. The Bertz CT molecular complexity index is 361. The second-order valence-electron chi connectivity index (χ2n) is 7.47. The van der Waals surface area contributed by atoms with Crippen LogP contribution in [0.1, 0.15) is 51.9 Å².